The van der Waals surface area contributed by atoms with Crippen molar-refractivity contribution in [3.8, 4) is 0 Å². The maximum atomic E-state index is 12.2. The number of hydrogen-bond acceptors (Lipinski definition) is 4. The van der Waals surface area contributed by atoms with Crippen LogP contribution in [-0.2, 0) is 9.59 Å². The second kappa shape index (κ2) is 18.4. The Morgan fingerprint density at radius 3 is 1.67 bits per heavy atom. The van der Waals surface area contributed by atoms with E-state index in [1.54, 1.807) is 11.9 Å². The third-order valence-corrected chi connectivity index (χ3v) is 5.19. The van der Waals surface area contributed by atoms with E-state index in [1.807, 2.05) is 0 Å². The molecule has 0 aliphatic heterocycles. The van der Waals surface area contributed by atoms with Crippen molar-refractivity contribution >= 4 is 11.8 Å². The van der Waals surface area contributed by atoms with Crippen molar-refractivity contribution in [2.45, 2.75) is 96.8 Å². The molecule has 1 unspecified atom stereocenters. The largest absolute Gasteiger partial charge is 0.481 e. The van der Waals surface area contributed by atoms with Crippen LogP contribution in [0.2, 0.25) is 0 Å². The topological polar surface area (TPSA) is 77.8 Å². The number of Topliss-reactive ketones (excluding diaryl/α,β-unsaturated/α-hetero) is 1. The predicted octanol–water partition coefficient (Wildman–Crippen LogP) is 4.66. The number of aliphatic hydroxyl groups is 1. The van der Waals surface area contributed by atoms with Crippen molar-refractivity contribution in [1.82, 2.24) is 4.90 Å². The van der Waals surface area contributed by atoms with Crippen molar-refractivity contribution in [2.24, 2.45) is 5.92 Å². The Labute approximate surface area is 166 Å². The van der Waals surface area contributed by atoms with Gasteiger partial charge in [-0.1, -0.05) is 84.0 Å². The van der Waals surface area contributed by atoms with E-state index in [2.05, 4.69) is 6.92 Å². The fourth-order valence-electron chi connectivity index (χ4n) is 3.38. The van der Waals surface area contributed by atoms with Crippen molar-refractivity contribution < 1.29 is 19.8 Å². The van der Waals surface area contributed by atoms with E-state index in [1.165, 1.54) is 64.2 Å². The van der Waals surface area contributed by atoms with E-state index >= 15 is 0 Å². The lowest BCUT2D eigenvalue weighted by Gasteiger charge is -2.19. The monoisotopic (exact) mass is 385 g/mol. The van der Waals surface area contributed by atoms with Gasteiger partial charge in [-0.2, -0.15) is 0 Å². The molecule has 0 heterocycles. The minimum absolute atomic E-state index is 0.0319. The van der Waals surface area contributed by atoms with Crippen molar-refractivity contribution in [3.05, 3.63) is 0 Å². The van der Waals surface area contributed by atoms with Crippen LogP contribution in [0.1, 0.15) is 96.8 Å². The number of aliphatic hydroxyl groups excluding tert-OH is 1. The Kier molecular flexibility index (Phi) is 17.8. The summed E-state index contributed by atoms with van der Waals surface area (Å²) < 4.78 is 0. The van der Waals surface area contributed by atoms with Gasteiger partial charge in [0.05, 0.1) is 6.61 Å². The molecule has 0 aromatic rings. The lowest BCUT2D eigenvalue weighted by molar-refractivity contribution is -0.147. The summed E-state index contributed by atoms with van der Waals surface area (Å²) in [6.07, 6.45) is 16.6. The van der Waals surface area contributed by atoms with E-state index in [0.29, 0.717) is 13.0 Å². The molecular weight excluding hydrogens is 342 g/mol. The van der Waals surface area contributed by atoms with E-state index in [4.69, 9.17) is 5.11 Å². The van der Waals surface area contributed by atoms with Crippen LogP contribution in [0.5, 0.6) is 0 Å². The van der Waals surface area contributed by atoms with E-state index in [9.17, 15) is 14.7 Å². The second-order valence-corrected chi connectivity index (χ2v) is 7.84. The van der Waals surface area contributed by atoms with Gasteiger partial charge in [0.2, 0.25) is 0 Å². The smallest absolute Gasteiger partial charge is 0.315 e. The molecule has 0 aromatic carbocycles. The number of carbonyl (C=O) groups excluding carboxylic acids is 1. The number of unbranched alkanes of at least 4 members (excludes halogenated alkanes) is 12. The van der Waals surface area contributed by atoms with Crippen LogP contribution < -0.4 is 0 Å². The number of likely N-dealkylation sites (N-methyl/N-ethyl adjacent to an activating group) is 1. The van der Waals surface area contributed by atoms with Gasteiger partial charge in [-0.3, -0.25) is 9.59 Å². The fourth-order valence-corrected chi connectivity index (χ4v) is 3.38. The van der Waals surface area contributed by atoms with Crippen LogP contribution in [0.3, 0.4) is 0 Å². The minimum atomic E-state index is -1.06. The molecule has 5 nitrogen and oxygen atoms in total. The standard InChI is InChI=1S/C22H43NO4/c1-3-4-5-6-7-8-9-10-11-12-13-14-15-16-21(25)20(22(26)27)19-23(2)17-18-24/h20,24H,3-19H2,1-2H3,(H,26,27). The van der Waals surface area contributed by atoms with Crippen LogP contribution in [0.25, 0.3) is 0 Å². The lowest BCUT2D eigenvalue weighted by atomic mass is 9.98. The molecule has 0 saturated carbocycles. The first kappa shape index (κ1) is 26.1. The summed E-state index contributed by atoms with van der Waals surface area (Å²) in [5, 5.41) is 18.1. The summed E-state index contributed by atoms with van der Waals surface area (Å²) in [6.45, 7) is 2.77. The molecule has 0 rings (SSSR count). The summed E-state index contributed by atoms with van der Waals surface area (Å²) in [5.41, 5.74) is 0. The van der Waals surface area contributed by atoms with Gasteiger partial charge in [-0.05, 0) is 13.5 Å². The van der Waals surface area contributed by atoms with E-state index < -0.39 is 11.9 Å². The fraction of sp³-hybridized carbons (Fsp3) is 0.909. The molecule has 0 bridgehead atoms. The number of carboxylic acids is 1. The summed E-state index contributed by atoms with van der Waals surface area (Å²) in [5.74, 6) is -2.21. The Balaban J connectivity index is 3.61. The second-order valence-electron chi connectivity index (χ2n) is 7.84. The quantitative estimate of drug-likeness (QED) is 0.235. The molecule has 0 radical (unpaired) electrons. The van der Waals surface area contributed by atoms with Crippen LogP contribution >= 0.6 is 0 Å². The van der Waals surface area contributed by atoms with Gasteiger partial charge in [0.15, 0.2) is 0 Å². The Bertz CT molecular complexity index is 373. The molecule has 5 heteroatoms. The number of ketones is 1. The Morgan fingerprint density at radius 2 is 1.26 bits per heavy atom. The van der Waals surface area contributed by atoms with Gasteiger partial charge in [-0.25, -0.2) is 0 Å². The van der Waals surface area contributed by atoms with Crippen LogP contribution in [-0.4, -0.2) is 53.6 Å². The van der Waals surface area contributed by atoms with E-state index in [-0.39, 0.29) is 18.9 Å². The highest BCUT2D eigenvalue weighted by Crippen LogP contribution is 2.14. The number of rotatable bonds is 20. The van der Waals surface area contributed by atoms with Crippen molar-refractivity contribution in [2.75, 3.05) is 26.7 Å². The van der Waals surface area contributed by atoms with Gasteiger partial charge >= 0.3 is 5.97 Å². The first-order valence-electron chi connectivity index (χ1n) is 11.1. The molecule has 27 heavy (non-hydrogen) atoms. The van der Waals surface area contributed by atoms with E-state index in [0.717, 1.165) is 19.3 Å². The van der Waals surface area contributed by atoms with Gasteiger partial charge < -0.3 is 15.1 Å². The Morgan fingerprint density at radius 1 is 0.815 bits per heavy atom. The molecule has 2 N–H and O–H groups in total. The molecule has 0 aliphatic carbocycles. The number of hydrogen-bond donors (Lipinski definition) is 2. The van der Waals surface area contributed by atoms with Gasteiger partial charge in [-0.15, -0.1) is 0 Å². The minimum Gasteiger partial charge on any atom is -0.481 e. The summed E-state index contributed by atoms with van der Waals surface area (Å²) in [6, 6.07) is 0. The molecule has 0 fully saturated rings. The average molecular weight is 386 g/mol. The van der Waals surface area contributed by atoms with Crippen LogP contribution in [0.15, 0.2) is 0 Å². The molecule has 0 spiro atoms. The normalized spacial score (nSPS) is 12.4. The number of aliphatic carboxylic acids is 1. The molecule has 0 amide bonds. The van der Waals surface area contributed by atoms with Crippen LogP contribution in [0, 0.1) is 5.92 Å². The average Bonchev–Trinajstić information content (AvgIpc) is 2.63. The first-order valence-corrected chi connectivity index (χ1v) is 11.1. The zero-order chi connectivity index (χ0) is 20.3. The maximum absolute atomic E-state index is 12.2. The highest BCUT2D eigenvalue weighted by Gasteiger charge is 2.26. The third kappa shape index (κ3) is 15.8. The van der Waals surface area contributed by atoms with Crippen LogP contribution in [0.4, 0.5) is 0 Å². The predicted molar refractivity (Wildman–Crippen MR) is 111 cm³/mol. The third-order valence-electron chi connectivity index (χ3n) is 5.19. The van der Waals surface area contributed by atoms with Gasteiger partial charge in [0.1, 0.15) is 11.7 Å². The maximum Gasteiger partial charge on any atom is 0.315 e. The highest BCUT2D eigenvalue weighted by molar-refractivity contribution is 5.98. The van der Waals surface area contributed by atoms with Crippen molar-refractivity contribution in [3.63, 3.8) is 0 Å². The molecule has 0 aromatic heterocycles. The zero-order valence-electron chi connectivity index (χ0n) is 17.8. The molecule has 0 aliphatic rings. The van der Waals surface area contributed by atoms with Crippen molar-refractivity contribution in [1.29, 1.82) is 0 Å². The number of carboxylic acid groups (broad SMARTS) is 1. The first-order chi connectivity index (χ1) is 13.0. The SMILES string of the molecule is CCCCCCCCCCCCCCCC(=O)C(CN(C)CCO)C(=O)O. The molecule has 0 saturated heterocycles. The lowest BCUT2D eigenvalue weighted by Crippen LogP contribution is -2.36. The molecular formula is C22H43NO4. The Hall–Kier alpha value is -0.940. The summed E-state index contributed by atoms with van der Waals surface area (Å²) in [7, 11) is 1.73. The summed E-state index contributed by atoms with van der Waals surface area (Å²) in [4.78, 5) is 25.2. The molecule has 1 atom stereocenters. The molecule has 160 valence electrons. The summed E-state index contributed by atoms with van der Waals surface area (Å²) >= 11 is 0. The van der Waals surface area contributed by atoms with Gasteiger partial charge in [0.25, 0.3) is 0 Å². The highest BCUT2D eigenvalue weighted by atomic mass is 16.4. The van der Waals surface area contributed by atoms with Gasteiger partial charge in [0, 0.05) is 19.5 Å². The number of carbonyl (C=O) groups is 2. The zero-order valence-corrected chi connectivity index (χ0v) is 17.8. The number of nitrogens with zero attached hydrogens (tertiary/aromatic N) is 1.